The lowest BCUT2D eigenvalue weighted by atomic mass is 10.2. The van der Waals surface area contributed by atoms with Crippen molar-refractivity contribution in [3.05, 3.63) is 64.1 Å². The van der Waals surface area contributed by atoms with E-state index in [1.165, 1.54) is 4.90 Å². The second-order valence-corrected chi connectivity index (χ2v) is 6.07. The van der Waals surface area contributed by atoms with Crippen LogP contribution in [0.25, 0.3) is 0 Å². The van der Waals surface area contributed by atoms with Gasteiger partial charge in [-0.05, 0) is 29.8 Å². The van der Waals surface area contributed by atoms with E-state index in [-0.39, 0.29) is 0 Å². The molecule has 19 heavy (non-hydrogen) atoms. The van der Waals surface area contributed by atoms with Crippen LogP contribution < -0.4 is 5.32 Å². The second kappa shape index (κ2) is 7.81. The zero-order valence-electron chi connectivity index (χ0n) is 10.4. The summed E-state index contributed by atoms with van der Waals surface area (Å²) in [5.41, 5.74) is 1.15. The molecular formula is C15H15Cl2NS. The molecule has 100 valence electrons. The highest BCUT2D eigenvalue weighted by molar-refractivity contribution is 7.99. The van der Waals surface area contributed by atoms with Gasteiger partial charge in [0.25, 0.3) is 0 Å². The molecule has 0 bridgehead atoms. The highest BCUT2D eigenvalue weighted by Gasteiger charge is 1.99. The van der Waals surface area contributed by atoms with Crippen molar-refractivity contribution < 1.29 is 0 Å². The first kappa shape index (κ1) is 14.7. The molecule has 0 aliphatic heterocycles. The van der Waals surface area contributed by atoms with Crippen LogP contribution in [0, 0.1) is 0 Å². The highest BCUT2D eigenvalue weighted by atomic mass is 35.5. The molecule has 2 aromatic carbocycles. The molecule has 0 radical (unpaired) electrons. The van der Waals surface area contributed by atoms with Gasteiger partial charge in [-0.3, -0.25) is 0 Å². The molecule has 0 saturated carbocycles. The molecule has 0 saturated heterocycles. The molecule has 0 fully saturated rings. The fourth-order valence-electron chi connectivity index (χ4n) is 1.64. The van der Waals surface area contributed by atoms with Gasteiger partial charge >= 0.3 is 0 Å². The lowest BCUT2D eigenvalue weighted by molar-refractivity contribution is 0.732. The van der Waals surface area contributed by atoms with Crippen molar-refractivity contribution in [2.24, 2.45) is 0 Å². The Labute approximate surface area is 128 Å². The third-order valence-electron chi connectivity index (χ3n) is 2.60. The average molecular weight is 312 g/mol. The van der Waals surface area contributed by atoms with Gasteiger partial charge in [0, 0.05) is 23.7 Å². The van der Waals surface area contributed by atoms with Crippen LogP contribution in [-0.2, 0) is 6.54 Å². The van der Waals surface area contributed by atoms with E-state index in [0.717, 1.165) is 24.4 Å². The number of halogens is 2. The highest BCUT2D eigenvalue weighted by Crippen LogP contribution is 2.22. The standard InChI is InChI=1S/C15H15Cl2NS/c16-14-7-6-12(10-15(14)17)11-18-8-9-19-13-4-2-1-3-5-13/h1-7,10,18H,8-9,11H2. The van der Waals surface area contributed by atoms with Gasteiger partial charge in [-0.15, -0.1) is 11.8 Å². The summed E-state index contributed by atoms with van der Waals surface area (Å²) in [5, 5.41) is 4.61. The maximum atomic E-state index is 5.97. The van der Waals surface area contributed by atoms with E-state index < -0.39 is 0 Å². The molecule has 0 aliphatic rings. The van der Waals surface area contributed by atoms with Gasteiger partial charge in [0.2, 0.25) is 0 Å². The first-order chi connectivity index (χ1) is 9.25. The molecule has 0 amide bonds. The summed E-state index contributed by atoms with van der Waals surface area (Å²) in [5.74, 6) is 1.05. The third-order valence-corrected chi connectivity index (χ3v) is 4.36. The number of thioether (sulfide) groups is 1. The summed E-state index contributed by atoms with van der Waals surface area (Å²) in [4.78, 5) is 1.30. The smallest absolute Gasteiger partial charge is 0.0595 e. The van der Waals surface area contributed by atoms with Crippen molar-refractivity contribution in [2.45, 2.75) is 11.4 Å². The molecule has 0 spiro atoms. The van der Waals surface area contributed by atoms with Crippen LogP contribution >= 0.6 is 35.0 Å². The van der Waals surface area contributed by atoms with Crippen LogP contribution in [0.1, 0.15) is 5.56 Å². The minimum absolute atomic E-state index is 0.602. The van der Waals surface area contributed by atoms with Gasteiger partial charge in [-0.1, -0.05) is 47.5 Å². The van der Waals surface area contributed by atoms with E-state index in [2.05, 4.69) is 29.6 Å². The van der Waals surface area contributed by atoms with Crippen LogP contribution in [0.3, 0.4) is 0 Å². The second-order valence-electron chi connectivity index (χ2n) is 4.09. The number of nitrogens with one attached hydrogen (secondary N) is 1. The molecular weight excluding hydrogens is 297 g/mol. The van der Waals surface area contributed by atoms with Crippen molar-refractivity contribution in [3.63, 3.8) is 0 Å². The van der Waals surface area contributed by atoms with Crippen LogP contribution in [0.5, 0.6) is 0 Å². The third kappa shape index (κ3) is 5.07. The Kier molecular flexibility index (Phi) is 6.05. The predicted octanol–water partition coefficient (Wildman–Crippen LogP) is 4.88. The van der Waals surface area contributed by atoms with E-state index in [0.29, 0.717) is 10.0 Å². The molecule has 4 heteroatoms. The first-order valence-electron chi connectivity index (χ1n) is 6.08. The zero-order valence-corrected chi connectivity index (χ0v) is 12.7. The molecule has 0 atom stereocenters. The van der Waals surface area contributed by atoms with E-state index in [4.69, 9.17) is 23.2 Å². The molecule has 2 rings (SSSR count). The van der Waals surface area contributed by atoms with Crippen molar-refractivity contribution in [1.82, 2.24) is 5.32 Å². The van der Waals surface area contributed by atoms with Gasteiger partial charge in [-0.25, -0.2) is 0 Å². The average Bonchev–Trinajstić information content (AvgIpc) is 2.43. The van der Waals surface area contributed by atoms with E-state index in [1.807, 2.05) is 36.0 Å². The maximum absolute atomic E-state index is 5.97. The maximum Gasteiger partial charge on any atom is 0.0595 e. The van der Waals surface area contributed by atoms with Gasteiger partial charge in [-0.2, -0.15) is 0 Å². The summed E-state index contributed by atoms with van der Waals surface area (Å²) >= 11 is 13.7. The van der Waals surface area contributed by atoms with Crippen LogP contribution in [-0.4, -0.2) is 12.3 Å². The van der Waals surface area contributed by atoms with Crippen LogP contribution in [0.15, 0.2) is 53.4 Å². The summed E-state index contributed by atoms with van der Waals surface area (Å²) in [6, 6.07) is 16.1. The Balaban J connectivity index is 1.68. The number of hydrogen-bond acceptors (Lipinski definition) is 2. The number of benzene rings is 2. The Morgan fingerprint density at radius 1 is 0.947 bits per heavy atom. The quantitative estimate of drug-likeness (QED) is 0.603. The Bertz CT molecular complexity index is 517. The molecule has 1 N–H and O–H groups in total. The van der Waals surface area contributed by atoms with Crippen molar-refractivity contribution in [1.29, 1.82) is 0 Å². The van der Waals surface area contributed by atoms with E-state index >= 15 is 0 Å². The van der Waals surface area contributed by atoms with Crippen molar-refractivity contribution >= 4 is 35.0 Å². The first-order valence-corrected chi connectivity index (χ1v) is 7.82. The Morgan fingerprint density at radius 2 is 1.74 bits per heavy atom. The van der Waals surface area contributed by atoms with Gasteiger partial charge in [0.1, 0.15) is 0 Å². The van der Waals surface area contributed by atoms with Crippen LogP contribution in [0.4, 0.5) is 0 Å². The van der Waals surface area contributed by atoms with Gasteiger partial charge in [0.05, 0.1) is 10.0 Å². The molecule has 1 nitrogen and oxygen atoms in total. The summed E-state index contributed by atoms with van der Waals surface area (Å²) in [6.45, 7) is 1.77. The summed E-state index contributed by atoms with van der Waals surface area (Å²) in [6.07, 6.45) is 0. The number of rotatable bonds is 6. The fourth-order valence-corrected chi connectivity index (χ4v) is 2.79. The minimum Gasteiger partial charge on any atom is -0.312 e. The predicted molar refractivity (Wildman–Crippen MR) is 85.3 cm³/mol. The van der Waals surface area contributed by atoms with E-state index in [9.17, 15) is 0 Å². The molecule has 2 aromatic rings. The lowest BCUT2D eigenvalue weighted by Crippen LogP contribution is -2.16. The fraction of sp³-hybridized carbons (Fsp3) is 0.200. The largest absolute Gasteiger partial charge is 0.312 e. The molecule has 0 heterocycles. The van der Waals surface area contributed by atoms with Crippen LogP contribution in [0.2, 0.25) is 10.0 Å². The van der Waals surface area contributed by atoms with Gasteiger partial charge in [0.15, 0.2) is 0 Å². The summed E-state index contributed by atoms with van der Waals surface area (Å²) in [7, 11) is 0. The minimum atomic E-state index is 0.602. The lowest BCUT2D eigenvalue weighted by Gasteiger charge is -2.06. The van der Waals surface area contributed by atoms with Crippen molar-refractivity contribution in [2.75, 3.05) is 12.3 Å². The summed E-state index contributed by atoms with van der Waals surface area (Å²) < 4.78 is 0. The topological polar surface area (TPSA) is 12.0 Å². The molecule has 0 unspecified atom stereocenters. The molecule has 0 aromatic heterocycles. The Hall–Kier alpha value is -0.670. The van der Waals surface area contributed by atoms with Gasteiger partial charge < -0.3 is 5.32 Å². The molecule has 0 aliphatic carbocycles. The zero-order chi connectivity index (χ0) is 13.5. The Morgan fingerprint density at radius 3 is 2.47 bits per heavy atom. The monoisotopic (exact) mass is 311 g/mol. The normalized spacial score (nSPS) is 10.6. The van der Waals surface area contributed by atoms with E-state index in [1.54, 1.807) is 0 Å². The number of hydrogen-bond donors (Lipinski definition) is 1. The van der Waals surface area contributed by atoms with Crippen molar-refractivity contribution in [3.8, 4) is 0 Å². The SMILES string of the molecule is Clc1ccc(CNCCSc2ccccc2)cc1Cl.